The summed E-state index contributed by atoms with van der Waals surface area (Å²) < 4.78 is 37.3. The molecule has 1 aromatic heterocycles. The normalized spacial score (nSPS) is 23.7. The van der Waals surface area contributed by atoms with Crippen LogP contribution in [0, 0.1) is 6.92 Å². The number of carbonyl (C=O) groups excluding carboxylic acids is 4. The lowest BCUT2D eigenvalue weighted by Crippen LogP contribution is -2.64. The highest BCUT2D eigenvalue weighted by Gasteiger charge is 2.55. The average molecular weight is 492 g/mol. The van der Waals surface area contributed by atoms with Crippen molar-refractivity contribution in [2.24, 2.45) is 0 Å². The van der Waals surface area contributed by atoms with Crippen molar-refractivity contribution in [3.8, 4) is 5.75 Å². The van der Waals surface area contributed by atoms with Crippen molar-refractivity contribution in [1.29, 1.82) is 0 Å². The first-order valence-corrected chi connectivity index (χ1v) is 10.5. The molecule has 1 saturated heterocycles. The van der Waals surface area contributed by atoms with Crippen LogP contribution in [0.4, 0.5) is 0 Å². The van der Waals surface area contributed by atoms with Crippen LogP contribution in [-0.4, -0.2) is 61.7 Å². The molecule has 1 aliphatic rings. The molecule has 3 rings (SSSR count). The summed E-state index contributed by atoms with van der Waals surface area (Å²) in [6.07, 6.45) is -7.56. The number of fused-ring (bicyclic) bond motifs is 1. The standard InChI is InChI=1S/C23H24O12/c1-10-8-17(27)34-16-9-14(6-7-15(10)16)33-23-21(32-13(4)26)19(31-12(3)25)18(30-11(2)24)20(35-23)22(28)29-5/h6-9,18-21,23H,1-5H3. The molecule has 12 heteroatoms. The van der Waals surface area contributed by atoms with Crippen LogP contribution in [0.25, 0.3) is 11.0 Å². The molecule has 5 unspecified atom stereocenters. The van der Waals surface area contributed by atoms with E-state index in [1.54, 1.807) is 13.0 Å². The van der Waals surface area contributed by atoms with Crippen molar-refractivity contribution in [3.63, 3.8) is 0 Å². The van der Waals surface area contributed by atoms with Crippen LogP contribution in [0.1, 0.15) is 26.3 Å². The quantitative estimate of drug-likeness (QED) is 0.323. The van der Waals surface area contributed by atoms with Gasteiger partial charge in [0.1, 0.15) is 11.3 Å². The number of methoxy groups -OCH3 is 1. The Balaban J connectivity index is 2.06. The van der Waals surface area contributed by atoms with E-state index in [2.05, 4.69) is 0 Å². The van der Waals surface area contributed by atoms with Gasteiger partial charge in [0.2, 0.25) is 12.4 Å². The van der Waals surface area contributed by atoms with Gasteiger partial charge in [0, 0.05) is 38.3 Å². The van der Waals surface area contributed by atoms with Gasteiger partial charge in [-0.2, -0.15) is 0 Å². The van der Waals surface area contributed by atoms with Gasteiger partial charge in [-0.15, -0.1) is 0 Å². The molecule has 0 spiro atoms. The van der Waals surface area contributed by atoms with Crippen molar-refractivity contribution in [2.45, 2.75) is 58.4 Å². The molecule has 1 aromatic carbocycles. The largest absolute Gasteiger partial charge is 0.467 e. The zero-order chi connectivity index (χ0) is 25.9. The number of carbonyl (C=O) groups is 4. The molecule has 0 saturated carbocycles. The first-order valence-electron chi connectivity index (χ1n) is 10.5. The molecular formula is C23H24O12. The molecule has 35 heavy (non-hydrogen) atoms. The van der Waals surface area contributed by atoms with Crippen LogP contribution >= 0.6 is 0 Å². The van der Waals surface area contributed by atoms with Crippen LogP contribution in [0.15, 0.2) is 33.5 Å². The molecule has 2 heterocycles. The first kappa shape index (κ1) is 25.7. The van der Waals surface area contributed by atoms with Gasteiger partial charge in [-0.1, -0.05) is 0 Å². The zero-order valence-corrected chi connectivity index (χ0v) is 19.6. The SMILES string of the molecule is COC(=O)C1OC(Oc2ccc3c(C)cc(=O)oc3c2)C(OC(C)=O)C(OC(C)=O)C1OC(C)=O. The Morgan fingerprint density at radius 2 is 1.46 bits per heavy atom. The van der Waals surface area contributed by atoms with Gasteiger partial charge in [0.15, 0.2) is 18.3 Å². The van der Waals surface area contributed by atoms with Crippen molar-refractivity contribution in [3.05, 3.63) is 40.2 Å². The highest BCUT2D eigenvalue weighted by molar-refractivity contribution is 5.81. The second-order valence-corrected chi connectivity index (χ2v) is 7.69. The lowest BCUT2D eigenvalue weighted by atomic mass is 9.97. The van der Waals surface area contributed by atoms with Gasteiger partial charge in [0.25, 0.3) is 0 Å². The molecule has 5 atom stereocenters. The van der Waals surface area contributed by atoms with Gasteiger partial charge >= 0.3 is 29.5 Å². The fourth-order valence-corrected chi connectivity index (χ4v) is 3.69. The molecule has 0 bridgehead atoms. The predicted octanol–water partition coefficient (Wildman–Crippen LogP) is 1.17. The molecule has 0 N–H and O–H groups in total. The summed E-state index contributed by atoms with van der Waals surface area (Å²) in [6, 6.07) is 5.92. The third kappa shape index (κ3) is 5.96. The van der Waals surface area contributed by atoms with Crippen molar-refractivity contribution in [2.75, 3.05) is 7.11 Å². The Kier molecular flexibility index (Phi) is 7.75. The Labute approximate surface area is 199 Å². The highest BCUT2D eigenvalue weighted by atomic mass is 16.7. The maximum atomic E-state index is 12.5. The minimum Gasteiger partial charge on any atom is -0.467 e. The van der Waals surface area contributed by atoms with Gasteiger partial charge < -0.3 is 32.8 Å². The lowest BCUT2D eigenvalue weighted by Gasteiger charge is -2.43. The second kappa shape index (κ2) is 10.6. The third-order valence-corrected chi connectivity index (χ3v) is 5.01. The maximum absolute atomic E-state index is 12.5. The molecule has 188 valence electrons. The topological polar surface area (TPSA) is 154 Å². The lowest BCUT2D eigenvalue weighted by molar-refractivity contribution is -0.282. The van der Waals surface area contributed by atoms with Crippen LogP contribution < -0.4 is 10.4 Å². The van der Waals surface area contributed by atoms with Crippen LogP contribution in [0.5, 0.6) is 5.75 Å². The van der Waals surface area contributed by atoms with Gasteiger partial charge in [-0.05, 0) is 24.6 Å². The monoisotopic (exact) mass is 492 g/mol. The molecule has 0 radical (unpaired) electrons. The Morgan fingerprint density at radius 1 is 0.857 bits per heavy atom. The van der Waals surface area contributed by atoms with E-state index in [1.165, 1.54) is 18.2 Å². The number of hydrogen-bond donors (Lipinski definition) is 0. The summed E-state index contributed by atoms with van der Waals surface area (Å²) in [6.45, 7) is 5.00. The second-order valence-electron chi connectivity index (χ2n) is 7.69. The molecular weight excluding hydrogens is 468 g/mol. The Morgan fingerprint density at radius 3 is 2.06 bits per heavy atom. The van der Waals surface area contributed by atoms with Gasteiger partial charge in [0.05, 0.1) is 7.11 Å². The van der Waals surface area contributed by atoms with E-state index < -0.39 is 60.2 Å². The van der Waals surface area contributed by atoms with E-state index in [0.29, 0.717) is 10.9 Å². The first-order chi connectivity index (χ1) is 16.5. The van der Waals surface area contributed by atoms with Gasteiger partial charge in [-0.3, -0.25) is 14.4 Å². The fourth-order valence-electron chi connectivity index (χ4n) is 3.69. The summed E-state index contributed by atoms with van der Waals surface area (Å²) in [5.41, 5.74) is 0.328. The summed E-state index contributed by atoms with van der Waals surface area (Å²) in [5.74, 6) is -3.25. The minimum absolute atomic E-state index is 0.115. The maximum Gasteiger partial charge on any atom is 0.339 e. The number of esters is 4. The number of benzene rings is 1. The molecule has 0 amide bonds. The Hall–Kier alpha value is -3.93. The molecule has 12 nitrogen and oxygen atoms in total. The average Bonchev–Trinajstić information content (AvgIpc) is 2.75. The van der Waals surface area contributed by atoms with Crippen molar-refractivity contribution < 1.29 is 52.0 Å². The zero-order valence-electron chi connectivity index (χ0n) is 19.6. The third-order valence-electron chi connectivity index (χ3n) is 5.01. The number of aryl methyl sites for hydroxylation is 1. The number of rotatable bonds is 6. The highest BCUT2D eigenvalue weighted by Crippen LogP contribution is 2.32. The fraction of sp³-hybridized carbons (Fsp3) is 0.435. The van der Waals surface area contributed by atoms with E-state index in [4.69, 9.17) is 32.8 Å². The molecule has 2 aromatic rings. The van der Waals surface area contributed by atoms with Crippen LogP contribution in [0.3, 0.4) is 0 Å². The van der Waals surface area contributed by atoms with E-state index in [0.717, 1.165) is 27.9 Å². The van der Waals surface area contributed by atoms with Crippen LogP contribution in [-0.2, 0) is 42.9 Å². The van der Waals surface area contributed by atoms with Crippen LogP contribution in [0.2, 0.25) is 0 Å². The smallest absolute Gasteiger partial charge is 0.339 e. The minimum atomic E-state index is -1.59. The van der Waals surface area contributed by atoms with Crippen molar-refractivity contribution >= 4 is 34.8 Å². The van der Waals surface area contributed by atoms with Crippen molar-refractivity contribution in [1.82, 2.24) is 0 Å². The summed E-state index contributed by atoms with van der Waals surface area (Å²) in [7, 11) is 1.08. The van der Waals surface area contributed by atoms with E-state index in [9.17, 15) is 24.0 Å². The molecule has 1 fully saturated rings. The molecule has 1 aliphatic heterocycles. The number of hydrogen-bond acceptors (Lipinski definition) is 12. The predicted molar refractivity (Wildman–Crippen MR) is 115 cm³/mol. The number of ether oxygens (including phenoxy) is 6. The Bertz CT molecular complexity index is 1200. The van der Waals surface area contributed by atoms with E-state index in [-0.39, 0.29) is 11.3 Å². The summed E-state index contributed by atoms with van der Waals surface area (Å²) >= 11 is 0. The van der Waals surface area contributed by atoms with E-state index in [1.807, 2.05) is 0 Å². The summed E-state index contributed by atoms with van der Waals surface area (Å²) in [4.78, 5) is 59.7. The van der Waals surface area contributed by atoms with Gasteiger partial charge in [-0.25, -0.2) is 9.59 Å². The summed E-state index contributed by atoms with van der Waals surface area (Å²) in [5, 5.41) is 0.651. The van der Waals surface area contributed by atoms with E-state index >= 15 is 0 Å². The molecule has 0 aliphatic carbocycles.